The van der Waals surface area contributed by atoms with Crippen molar-refractivity contribution in [3.8, 4) is 27.4 Å². The lowest BCUT2D eigenvalue weighted by atomic mass is 9.93. The summed E-state index contributed by atoms with van der Waals surface area (Å²) in [6.07, 6.45) is 0. The second-order valence-corrected chi connectivity index (χ2v) is 14.8. The number of hydrogen-bond donors (Lipinski definition) is 0. The van der Waals surface area contributed by atoms with Gasteiger partial charge in [-0.1, -0.05) is 109 Å². The van der Waals surface area contributed by atoms with Gasteiger partial charge in [-0.3, -0.25) is 0 Å². The Hall–Kier alpha value is -5.81. The van der Waals surface area contributed by atoms with Crippen LogP contribution in [-0.2, 0) is 0 Å². The van der Waals surface area contributed by atoms with Crippen LogP contribution < -0.4 is 0 Å². The summed E-state index contributed by atoms with van der Waals surface area (Å²) in [5.41, 5.74) is 8.31. The van der Waals surface area contributed by atoms with Gasteiger partial charge in [0, 0.05) is 42.2 Å². The Morgan fingerprint density at radius 3 is 2.06 bits per heavy atom. The number of nitrogens with zero attached hydrogens (tertiary/aromatic N) is 2. The van der Waals surface area contributed by atoms with Crippen LogP contribution in [-0.4, -0.2) is 9.55 Å². The highest BCUT2D eigenvalue weighted by atomic mass is 32.1. The first-order chi connectivity index (χ1) is 24.3. The highest BCUT2D eigenvalue weighted by Gasteiger charge is 2.18. The molecule has 0 N–H and O–H groups in total. The molecule has 0 saturated carbocycles. The fourth-order valence-corrected chi connectivity index (χ4v) is 10.1. The van der Waals surface area contributed by atoms with Crippen LogP contribution in [0.15, 0.2) is 158 Å². The van der Waals surface area contributed by atoms with Crippen molar-refractivity contribution in [1.82, 2.24) is 9.55 Å². The molecule has 0 unspecified atom stereocenters. The summed E-state index contributed by atoms with van der Waals surface area (Å²) < 4.78 is 6.24. The summed E-state index contributed by atoms with van der Waals surface area (Å²) in [5, 5.41) is 11.3. The topological polar surface area (TPSA) is 17.8 Å². The summed E-state index contributed by atoms with van der Waals surface area (Å²) in [5.74, 6) is 0. The number of benzene rings is 8. The lowest BCUT2D eigenvalue weighted by molar-refractivity contribution is 1.18. The molecule has 0 amide bonds. The number of para-hydroxylation sites is 2. The summed E-state index contributed by atoms with van der Waals surface area (Å²) in [6, 6.07) is 57.5. The number of hydrogen-bond acceptors (Lipinski definition) is 3. The lowest BCUT2D eigenvalue weighted by Gasteiger charge is -2.11. The monoisotopic (exact) mass is 658 g/mol. The number of thiophene rings is 1. The molecule has 0 aliphatic rings. The quantitative estimate of drug-likeness (QED) is 0.173. The fraction of sp³-hybridized carbons (Fsp3) is 0. The van der Waals surface area contributed by atoms with Crippen LogP contribution in [0.2, 0.25) is 0 Å². The smallest absolute Gasteiger partial charge is 0.124 e. The SMILES string of the molecule is c1ccc(-n2c3ccccc3c3ccc(-c4nc5ccc6sc7cc(-c8cc9ccccc9c9ccccc89)ccc7c6c5s4)cc32)cc1. The summed E-state index contributed by atoms with van der Waals surface area (Å²) in [7, 11) is 0. The van der Waals surface area contributed by atoms with Gasteiger partial charge < -0.3 is 4.57 Å². The second kappa shape index (κ2) is 10.3. The zero-order chi connectivity index (χ0) is 32.1. The van der Waals surface area contributed by atoms with Crippen LogP contribution in [0.1, 0.15) is 0 Å². The summed E-state index contributed by atoms with van der Waals surface area (Å²) in [6.45, 7) is 0. The molecule has 0 saturated heterocycles. The van der Waals surface area contributed by atoms with E-state index in [4.69, 9.17) is 4.98 Å². The standard InChI is InChI=1S/C45H26N2S2/c1-2-11-30(12-3-1)47-39-17-9-8-16-34(39)35-20-19-29(25-40(35)47)45-46-38-22-23-41-43(44(38)49-45)36-21-18-28(26-42(36)48-41)37-24-27-10-4-5-13-31(27)32-14-6-7-15-33(32)37/h1-26H. The second-order valence-electron chi connectivity index (χ2n) is 12.7. The van der Waals surface area contributed by atoms with Gasteiger partial charge in [0.05, 0.1) is 21.3 Å². The lowest BCUT2D eigenvalue weighted by Crippen LogP contribution is -1.93. The van der Waals surface area contributed by atoms with E-state index in [1.54, 1.807) is 11.3 Å². The molecule has 3 aromatic heterocycles. The molecule has 0 radical (unpaired) electrons. The molecule has 0 fully saturated rings. The normalized spacial score (nSPS) is 12.1. The van der Waals surface area contributed by atoms with Gasteiger partial charge in [0.15, 0.2) is 0 Å². The van der Waals surface area contributed by atoms with Crippen LogP contribution in [0.3, 0.4) is 0 Å². The molecule has 49 heavy (non-hydrogen) atoms. The summed E-state index contributed by atoms with van der Waals surface area (Å²) in [4.78, 5) is 5.22. The Bertz CT molecular complexity index is 3110. The molecule has 0 aliphatic heterocycles. The maximum atomic E-state index is 5.22. The average molecular weight is 659 g/mol. The van der Waals surface area contributed by atoms with Gasteiger partial charge in [-0.2, -0.15) is 0 Å². The summed E-state index contributed by atoms with van der Waals surface area (Å²) >= 11 is 3.69. The highest BCUT2D eigenvalue weighted by molar-refractivity contribution is 7.28. The van der Waals surface area contributed by atoms with Crippen molar-refractivity contribution in [2.45, 2.75) is 0 Å². The van der Waals surface area contributed by atoms with E-state index in [9.17, 15) is 0 Å². The van der Waals surface area contributed by atoms with Gasteiger partial charge in [0.2, 0.25) is 0 Å². The van der Waals surface area contributed by atoms with Crippen LogP contribution in [0.5, 0.6) is 0 Å². The Balaban J connectivity index is 1.08. The number of rotatable bonds is 3. The van der Waals surface area contributed by atoms with Crippen molar-refractivity contribution in [3.05, 3.63) is 158 Å². The van der Waals surface area contributed by atoms with Crippen molar-refractivity contribution in [2.24, 2.45) is 0 Å². The van der Waals surface area contributed by atoms with Crippen molar-refractivity contribution in [3.63, 3.8) is 0 Å². The maximum Gasteiger partial charge on any atom is 0.124 e. The van der Waals surface area contributed by atoms with Crippen LogP contribution >= 0.6 is 22.7 Å². The minimum absolute atomic E-state index is 1.05. The molecule has 0 bridgehead atoms. The molecular weight excluding hydrogens is 633 g/mol. The number of fused-ring (bicyclic) bond motifs is 11. The largest absolute Gasteiger partial charge is 0.309 e. The van der Waals surface area contributed by atoms with Crippen LogP contribution in [0.25, 0.3) is 101 Å². The van der Waals surface area contributed by atoms with E-state index >= 15 is 0 Å². The van der Waals surface area contributed by atoms with Crippen molar-refractivity contribution in [1.29, 1.82) is 0 Å². The molecule has 0 spiro atoms. The van der Waals surface area contributed by atoms with E-state index in [0.29, 0.717) is 0 Å². The van der Waals surface area contributed by atoms with Gasteiger partial charge in [-0.05, 0) is 81.2 Å². The average Bonchev–Trinajstić information content (AvgIpc) is 3.86. The Kier molecular flexibility index (Phi) is 5.74. The number of aromatic nitrogens is 2. The van der Waals surface area contributed by atoms with E-state index in [1.807, 2.05) is 11.3 Å². The van der Waals surface area contributed by atoms with E-state index in [-0.39, 0.29) is 0 Å². The van der Waals surface area contributed by atoms with Gasteiger partial charge in [-0.15, -0.1) is 22.7 Å². The van der Waals surface area contributed by atoms with E-state index in [2.05, 4.69) is 162 Å². The first-order valence-corrected chi connectivity index (χ1v) is 18.2. The predicted molar refractivity (Wildman–Crippen MR) is 213 cm³/mol. The molecule has 2 nitrogen and oxygen atoms in total. The molecule has 228 valence electrons. The molecule has 8 aromatic carbocycles. The Morgan fingerprint density at radius 1 is 0.449 bits per heavy atom. The van der Waals surface area contributed by atoms with Gasteiger partial charge in [-0.25, -0.2) is 4.98 Å². The first kappa shape index (κ1) is 27.2. The van der Waals surface area contributed by atoms with Gasteiger partial charge in [0.25, 0.3) is 0 Å². The van der Waals surface area contributed by atoms with Crippen molar-refractivity contribution >= 4 is 96.4 Å². The molecule has 4 heteroatoms. The molecule has 0 aliphatic carbocycles. The first-order valence-electron chi connectivity index (χ1n) is 16.5. The van der Waals surface area contributed by atoms with Crippen molar-refractivity contribution in [2.75, 3.05) is 0 Å². The molecule has 11 rings (SSSR count). The predicted octanol–water partition coefficient (Wildman–Crippen LogP) is 13.4. The van der Waals surface area contributed by atoms with Gasteiger partial charge in [0.1, 0.15) is 5.01 Å². The minimum atomic E-state index is 1.05. The maximum absolute atomic E-state index is 5.22. The third kappa shape index (κ3) is 4.02. The zero-order valence-electron chi connectivity index (χ0n) is 26.2. The third-order valence-corrected chi connectivity index (χ3v) is 12.3. The van der Waals surface area contributed by atoms with Crippen LogP contribution in [0, 0.1) is 0 Å². The molecule has 3 heterocycles. The van der Waals surface area contributed by atoms with Crippen LogP contribution in [0.4, 0.5) is 0 Å². The Labute approximate surface area is 289 Å². The number of thiazole rings is 1. The van der Waals surface area contributed by atoms with E-state index in [1.165, 1.54) is 79.3 Å². The van der Waals surface area contributed by atoms with E-state index in [0.717, 1.165) is 21.8 Å². The highest BCUT2D eigenvalue weighted by Crippen LogP contribution is 2.45. The Morgan fingerprint density at radius 2 is 1.16 bits per heavy atom. The molecular formula is C45H26N2S2. The zero-order valence-corrected chi connectivity index (χ0v) is 27.9. The van der Waals surface area contributed by atoms with Crippen molar-refractivity contribution < 1.29 is 0 Å². The fourth-order valence-electron chi connectivity index (χ4n) is 7.79. The van der Waals surface area contributed by atoms with E-state index < -0.39 is 0 Å². The third-order valence-electron chi connectivity index (χ3n) is 10.0. The van der Waals surface area contributed by atoms with Gasteiger partial charge >= 0.3 is 0 Å². The molecule has 11 aromatic rings. The minimum Gasteiger partial charge on any atom is -0.309 e. The molecule has 0 atom stereocenters.